The molecule has 4 heteroatoms. The number of aryl methyl sites for hydroxylation is 2. The van der Waals surface area contributed by atoms with Crippen LogP contribution in [-0.2, 0) is 12.0 Å². The minimum absolute atomic E-state index is 0.00714. The van der Waals surface area contributed by atoms with Crippen molar-refractivity contribution in [2.24, 2.45) is 0 Å². The number of H-pyrrole nitrogens is 1. The monoisotopic (exact) mass is 438 g/mol. The van der Waals surface area contributed by atoms with Crippen molar-refractivity contribution in [1.82, 2.24) is 4.98 Å². The number of hydrogen-bond acceptors (Lipinski definition) is 2. The van der Waals surface area contributed by atoms with E-state index < -0.39 is 0 Å². The molecule has 0 saturated carbocycles. The Bertz CT molecular complexity index is 1380. The van der Waals surface area contributed by atoms with Crippen molar-refractivity contribution in [2.45, 2.75) is 46.6 Å². The second-order valence-electron chi connectivity index (χ2n) is 9.72. The molecule has 0 radical (unpaired) electrons. The summed E-state index contributed by atoms with van der Waals surface area (Å²) in [4.78, 5) is 31.3. The molecule has 0 aliphatic heterocycles. The van der Waals surface area contributed by atoms with Crippen molar-refractivity contribution in [3.8, 4) is 0 Å². The number of fused-ring (bicyclic) bond motifs is 1. The summed E-state index contributed by atoms with van der Waals surface area (Å²) in [6.45, 7) is 10.7. The first-order chi connectivity index (χ1) is 15.6. The molecule has 0 aliphatic rings. The highest BCUT2D eigenvalue weighted by Gasteiger charge is 2.22. The first-order valence-electron chi connectivity index (χ1n) is 11.2. The molecule has 0 unspecified atom stereocenters. The van der Waals surface area contributed by atoms with E-state index in [2.05, 4.69) is 31.8 Å². The number of para-hydroxylation sites is 1. The highest BCUT2D eigenvalue weighted by Crippen LogP contribution is 2.27. The van der Waals surface area contributed by atoms with E-state index in [1.54, 1.807) is 4.90 Å². The number of carbonyl (C=O) groups is 1. The van der Waals surface area contributed by atoms with Gasteiger partial charge in [-0.05, 0) is 66.1 Å². The highest BCUT2D eigenvalue weighted by molar-refractivity contribution is 6.06. The number of aromatic nitrogens is 1. The van der Waals surface area contributed by atoms with E-state index >= 15 is 0 Å². The molecule has 1 amide bonds. The molecule has 0 bridgehead atoms. The van der Waals surface area contributed by atoms with Crippen LogP contribution in [0.4, 0.5) is 5.69 Å². The second kappa shape index (κ2) is 8.70. The van der Waals surface area contributed by atoms with Crippen LogP contribution in [0.15, 0.2) is 77.6 Å². The summed E-state index contributed by atoms with van der Waals surface area (Å²) in [6.07, 6.45) is 0. The predicted molar refractivity (Wildman–Crippen MR) is 136 cm³/mol. The molecule has 3 aromatic carbocycles. The van der Waals surface area contributed by atoms with Gasteiger partial charge >= 0.3 is 0 Å². The van der Waals surface area contributed by atoms with Gasteiger partial charge in [0.1, 0.15) is 0 Å². The van der Waals surface area contributed by atoms with Crippen LogP contribution in [0.1, 0.15) is 53.4 Å². The predicted octanol–water partition coefficient (Wildman–Crippen LogP) is 6.29. The van der Waals surface area contributed by atoms with E-state index in [0.29, 0.717) is 11.1 Å². The van der Waals surface area contributed by atoms with Crippen LogP contribution < -0.4 is 10.5 Å². The number of rotatable bonds is 4. The Balaban J connectivity index is 1.78. The molecule has 33 heavy (non-hydrogen) atoms. The maximum absolute atomic E-state index is 13.7. The van der Waals surface area contributed by atoms with Crippen molar-refractivity contribution in [2.75, 3.05) is 4.90 Å². The summed E-state index contributed by atoms with van der Waals surface area (Å²) in [5.41, 5.74) is 5.85. The topological polar surface area (TPSA) is 53.2 Å². The average Bonchev–Trinajstić information content (AvgIpc) is 2.77. The van der Waals surface area contributed by atoms with Crippen molar-refractivity contribution in [1.29, 1.82) is 0 Å². The fourth-order valence-corrected chi connectivity index (χ4v) is 4.12. The Labute approximate surface area is 194 Å². The molecule has 0 fully saturated rings. The molecule has 0 atom stereocenters. The van der Waals surface area contributed by atoms with Crippen molar-refractivity contribution in [3.63, 3.8) is 0 Å². The number of amides is 1. The molecule has 0 spiro atoms. The Hall–Kier alpha value is -3.66. The van der Waals surface area contributed by atoms with Gasteiger partial charge in [0, 0.05) is 22.3 Å². The lowest BCUT2D eigenvalue weighted by Crippen LogP contribution is -2.33. The largest absolute Gasteiger partial charge is 0.322 e. The number of hydrogen-bond donors (Lipinski definition) is 1. The molecule has 1 heterocycles. The first kappa shape index (κ1) is 22.5. The zero-order chi connectivity index (χ0) is 23.8. The molecular formula is C29H30N2O2. The fraction of sp³-hybridized carbons (Fsp3) is 0.241. The molecule has 0 aliphatic carbocycles. The van der Waals surface area contributed by atoms with Crippen LogP contribution in [0.25, 0.3) is 10.9 Å². The van der Waals surface area contributed by atoms with E-state index in [0.717, 1.165) is 27.7 Å². The van der Waals surface area contributed by atoms with Crippen LogP contribution in [0, 0.1) is 13.8 Å². The minimum Gasteiger partial charge on any atom is -0.322 e. The fourth-order valence-electron chi connectivity index (χ4n) is 4.12. The lowest BCUT2D eigenvalue weighted by Gasteiger charge is -2.26. The Morgan fingerprint density at radius 2 is 1.61 bits per heavy atom. The van der Waals surface area contributed by atoms with Gasteiger partial charge in [0.25, 0.3) is 11.5 Å². The zero-order valence-electron chi connectivity index (χ0n) is 19.9. The number of pyridine rings is 1. The lowest BCUT2D eigenvalue weighted by molar-refractivity contribution is 0.0985. The van der Waals surface area contributed by atoms with Crippen LogP contribution >= 0.6 is 0 Å². The van der Waals surface area contributed by atoms with Gasteiger partial charge in [-0.3, -0.25) is 9.59 Å². The SMILES string of the molecule is Cc1ccc(N(Cc2cc3ccccc3[nH]c2=O)C(=O)c2ccc(C(C)(C)C)cc2)c(C)c1. The molecule has 1 aromatic heterocycles. The second-order valence-corrected chi connectivity index (χ2v) is 9.72. The number of benzene rings is 3. The van der Waals surface area contributed by atoms with Crippen molar-refractivity contribution < 1.29 is 4.79 Å². The summed E-state index contributed by atoms with van der Waals surface area (Å²) in [6, 6.07) is 23.3. The van der Waals surface area contributed by atoms with Gasteiger partial charge in [0.2, 0.25) is 0 Å². The van der Waals surface area contributed by atoms with Gasteiger partial charge < -0.3 is 9.88 Å². The van der Waals surface area contributed by atoms with E-state index in [1.807, 2.05) is 80.6 Å². The standard InChI is InChI=1S/C29H30N2O2/c1-19-10-15-26(20(2)16-19)31(28(33)21-11-13-24(14-12-21)29(3,4)5)18-23-17-22-8-6-7-9-25(22)30-27(23)32/h6-17H,18H2,1-5H3,(H,30,32). The van der Waals surface area contributed by atoms with E-state index in [1.165, 1.54) is 5.56 Å². The Morgan fingerprint density at radius 1 is 0.909 bits per heavy atom. The zero-order valence-corrected chi connectivity index (χ0v) is 19.9. The summed E-state index contributed by atoms with van der Waals surface area (Å²) < 4.78 is 0. The van der Waals surface area contributed by atoms with Crippen LogP contribution in [0.2, 0.25) is 0 Å². The third kappa shape index (κ3) is 4.75. The highest BCUT2D eigenvalue weighted by atomic mass is 16.2. The summed E-state index contributed by atoms with van der Waals surface area (Å²) in [5.74, 6) is -0.130. The number of anilines is 1. The molecule has 4 rings (SSSR count). The normalized spacial score (nSPS) is 11.5. The van der Waals surface area contributed by atoms with Gasteiger partial charge in [-0.1, -0.05) is 68.8 Å². The van der Waals surface area contributed by atoms with Crippen molar-refractivity contribution in [3.05, 3.63) is 111 Å². The number of nitrogens with zero attached hydrogens (tertiary/aromatic N) is 1. The molecule has 0 saturated heterocycles. The quantitative estimate of drug-likeness (QED) is 0.407. The van der Waals surface area contributed by atoms with Crippen LogP contribution in [0.3, 0.4) is 0 Å². The Morgan fingerprint density at radius 3 is 2.27 bits per heavy atom. The van der Waals surface area contributed by atoms with Crippen molar-refractivity contribution >= 4 is 22.5 Å². The average molecular weight is 439 g/mol. The third-order valence-corrected chi connectivity index (χ3v) is 6.04. The van der Waals surface area contributed by atoms with Gasteiger partial charge in [-0.25, -0.2) is 0 Å². The smallest absolute Gasteiger partial charge is 0.258 e. The van der Waals surface area contributed by atoms with E-state index in [-0.39, 0.29) is 23.4 Å². The molecule has 1 N–H and O–H groups in total. The minimum atomic E-state index is -0.181. The maximum Gasteiger partial charge on any atom is 0.258 e. The molecule has 4 nitrogen and oxygen atoms in total. The number of nitrogens with one attached hydrogen (secondary N) is 1. The van der Waals surface area contributed by atoms with Crippen LogP contribution in [0.5, 0.6) is 0 Å². The van der Waals surface area contributed by atoms with Gasteiger partial charge in [-0.15, -0.1) is 0 Å². The summed E-state index contributed by atoms with van der Waals surface area (Å²) >= 11 is 0. The molecule has 4 aromatic rings. The molecular weight excluding hydrogens is 408 g/mol. The maximum atomic E-state index is 13.7. The van der Waals surface area contributed by atoms with Crippen LogP contribution in [-0.4, -0.2) is 10.9 Å². The van der Waals surface area contributed by atoms with Gasteiger partial charge in [-0.2, -0.15) is 0 Å². The lowest BCUT2D eigenvalue weighted by atomic mass is 9.86. The van der Waals surface area contributed by atoms with Gasteiger partial charge in [0.05, 0.1) is 6.54 Å². The molecule has 168 valence electrons. The van der Waals surface area contributed by atoms with E-state index in [4.69, 9.17) is 0 Å². The Kier molecular flexibility index (Phi) is 5.94. The number of aromatic amines is 1. The third-order valence-electron chi connectivity index (χ3n) is 6.04. The first-order valence-corrected chi connectivity index (χ1v) is 11.2. The van der Waals surface area contributed by atoms with E-state index in [9.17, 15) is 9.59 Å². The number of carbonyl (C=O) groups excluding carboxylic acids is 1. The summed E-state index contributed by atoms with van der Waals surface area (Å²) in [5, 5.41) is 0.939. The summed E-state index contributed by atoms with van der Waals surface area (Å²) in [7, 11) is 0. The van der Waals surface area contributed by atoms with Gasteiger partial charge in [0.15, 0.2) is 0 Å².